The SMILES string of the molecule is [2H]c1ccc([C@@H]2CNC([2H])([2H])CO2)cc1. The largest absolute Gasteiger partial charge is 0.371 e. The number of ether oxygens (including phenoxy) is 1. The first-order valence-corrected chi connectivity index (χ1v) is 4.00. The van der Waals surface area contributed by atoms with Crippen molar-refractivity contribution >= 4 is 0 Å². The predicted octanol–water partition coefficient (Wildman–Crippen LogP) is 1.35. The van der Waals surface area contributed by atoms with E-state index in [1.807, 2.05) is 12.1 Å². The van der Waals surface area contributed by atoms with Crippen LogP contribution in [-0.2, 0) is 4.74 Å². The molecular formula is C10H13NO. The van der Waals surface area contributed by atoms with Crippen LogP contribution in [0.2, 0.25) is 0 Å². The maximum Gasteiger partial charge on any atom is 0.0949 e. The van der Waals surface area contributed by atoms with Gasteiger partial charge in [0.1, 0.15) is 0 Å². The van der Waals surface area contributed by atoms with Gasteiger partial charge in [0.2, 0.25) is 0 Å². The van der Waals surface area contributed by atoms with E-state index in [0.29, 0.717) is 12.6 Å². The van der Waals surface area contributed by atoms with E-state index in [-0.39, 0.29) is 12.7 Å². The molecule has 0 aromatic heterocycles. The van der Waals surface area contributed by atoms with Crippen LogP contribution in [0.4, 0.5) is 0 Å². The molecule has 0 spiro atoms. The van der Waals surface area contributed by atoms with Crippen LogP contribution in [0.5, 0.6) is 0 Å². The molecule has 64 valence electrons. The van der Waals surface area contributed by atoms with Crippen LogP contribution in [0.3, 0.4) is 0 Å². The molecule has 0 aliphatic carbocycles. The van der Waals surface area contributed by atoms with Gasteiger partial charge in [-0.05, 0) is 5.56 Å². The molecule has 2 rings (SSSR count). The summed E-state index contributed by atoms with van der Waals surface area (Å²) in [5.41, 5.74) is 0.981. The van der Waals surface area contributed by atoms with Crippen LogP contribution in [0, 0.1) is 0 Å². The summed E-state index contributed by atoms with van der Waals surface area (Å²) in [7, 11) is 0. The second-order valence-electron chi connectivity index (χ2n) is 2.69. The van der Waals surface area contributed by atoms with Crippen molar-refractivity contribution in [3.8, 4) is 0 Å². The fraction of sp³-hybridized carbons (Fsp3) is 0.400. The summed E-state index contributed by atoms with van der Waals surface area (Å²) in [6, 6.07) is 7.58. The lowest BCUT2D eigenvalue weighted by Crippen LogP contribution is -2.33. The molecule has 0 radical (unpaired) electrons. The topological polar surface area (TPSA) is 21.3 Å². The zero-order chi connectivity index (χ0) is 10.9. The third-order valence-corrected chi connectivity index (χ3v) is 1.88. The minimum absolute atomic E-state index is 0.0558. The molecule has 1 saturated heterocycles. The standard InChI is InChI=1S/C10H13NO/c1-2-4-9(5-3-1)10-8-11-6-7-12-10/h1-5,10-11H,6-8H2/t10-/m0/s1/i1D,6D2. The molecule has 12 heavy (non-hydrogen) atoms. The summed E-state index contributed by atoms with van der Waals surface area (Å²) in [5, 5.41) is 2.78. The van der Waals surface area contributed by atoms with Gasteiger partial charge in [0.15, 0.2) is 0 Å². The van der Waals surface area contributed by atoms with E-state index in [1.54, 1.807) is 12.1 Å². The molecule has 1 heterocycles. The highest BCUT2D eigenvalue weighted by molar-refractivity contribution is 5.18. The van der Waals surface area contributed by atoms with Gasteiger partial charge in [-0.25, -0.2) is 0 Å². The van der Waals surface area contributed by atoms with E-state index in [0.717, 1.165) is 5.56 Å². The van der Waals surface area contributed by atoms with E-state index in [9.17, 15) is 0 Å². The average molecular weight is 166 g/mol. The van der Waals surface area contributed by atoms with E-state index in [1.165, 1.54) is 0 Å². The summed E-state index contributed by atoms with van der Waals surface area (Å²) >= 11 is 0. The maximum absolute atomic E-state index is 7.41. The Bertz CT molecular complexity index is 329. The molecule has 1 fully saturated rings. The highest BCUT2D eigenvalue weighted by atomic mass is 16.5. The minimum atomic E-state index is -1.42. The molecule has 1 aromatic carbocycles. The lowest BCUT2D eigenvalue weighted by Gasteiger charge is -2.23. The summed E-state index contributed by atoms with van der Waals surface area (Å²) in [5.74, 6) is 0. The molecule has 2 heteroatoms. The Balaban J connectivity index is 2.04. The molecule has 1 N–H and O–H groups in total. The average Bonchev–Trinajstić information content (AvgIpc) is 2.20. The first kappa shape index (κ1) is 5.00. The van der Waals surface area contributed by atoms with Gasteiger partial charge >= 0.3 is 0 Å². The fourth-order valence-corrected chi connectivity index (χ4v) is 1.25. The van der Waals surface area contributed by atoms with E-state index >= 15 is 0 Å². The Hall–Kier alpha value is -0.860. The molecule has 1 aliphatic rings. The van der Waals surface area contributed by atoms with Crippen molar-refractivity contribution in [1.82, 2.24) is 5.32 Å². The van der Waals surface area contributed by atoms with Gasteiger partial charge in [-0.3, -0.25) is 0 Å². The number of hydrogen-bond donors (Lipinski definition) is 1. The normalized spacial score (nSPS) is 31.7. The first-order valence-electron chi connectivity index (χ1n) is 5.50. The van der Waals surface area contributed by atoms with Gasteiger partial charge < -0.3 is 10.1 Å². The van der Waals surface area contributed by atoms with Gasteiger partial charge in [-0.1, -0.05) is 30.3 Å². The molecule has 1 aliphatic heterocycles. The van der Waals surface area contributed by atoms with Crippen LogP contribution >= 0.6 is 0 Å². The van der Waals surface area contributed by atoms with Crippen molar-refractivity contribution in [2.45, 2.75) is 6.10 Å². The third kappa shape index (κ3) is 1.65. The van der Waals surface area contributed by atoms with Gasteiger partial charge in [-0.15, -0.1) is 0 Å². The molecule has 0 unspecified atom stereocenters. The van der Waals surface area contributed by atoms with Crippen LogP contribution in [0.25, 0.3) is 0 Å². The molecule has 0 amide bonds. The Kier molecular flexibility index (Phi) is 1.54. The predicted molar refractivity (Wildman–Crippen MR) is 48.0 cm³/mol. The zero-order valence-corrected chi connectivity index (χ0v) is 6.71. The summed E-state index contributed by atoms with van der Waals surface area (Å²) in [6.07, 6.45) is -0.116. The smallest absolute Gasteiger partial charge is 0.0949 e. The highest BCUT2D eigenvalue weighted by Crippen LogP contribution is 2.17. The monoisotopic (exact) mass is 166 g/mol. The number of hydrogen-bond acceptors (Lipinski definition) is 2. The zero-order valence-electron chi connectivity index (χ0n) is 9.71. The van der Waals surface area contributed by atoms with Gasteiger partial charge in [-0.2, -0.15) is 0 Å². The quantitative estimate of drug-likeness (QED) is 0.680. The van der Waals surface area contributed by atoms with Gasteiger partial charge in [0, 0.05) is 15.8 Å². The summed E-state index contributed by atoms with van der Waals surface area (Å²) < 4.78 is 27.6. The Morgan fingerprint density at radius 2 is 2.42 bits per heavy atom. The van der Waals surface area contributed by atoms with Crippen molar-refractivity contribution in [2.75, 3.05) is 19.6 Å². The van der Waals surface area contributed by atoms with Crippen molar-refractivity contribution in [3.05, 3.63) is 35.9 Å². The molecule has 1 atom stereocenters. The number of nitrogens with one attached hydrogen (secondary N) is 1. The Morgan fingerprint density at radius 1 is 1.58 bits per heavy atom. The fourth-order valence-electron chi connectivity index (χ4n) is 1.25. The summed E-state index contributed by atoms with van der Waals surface area (Å²) in [6.45, 7) is -0.906. The molecule has 1 aromatic rings. The number of morpholine rings is 1. The van der Waals surface area contributed by atoms with Crippen molar-refractivity contribution in [3.63, 3.8) is 0 Å². The van der Waals surface area contributed by atoms with E-state index < -0.39 is 6.50 Å². The lowest BCUT2D eigenvalue weighted by atomic mass is 10.1. The number of benzene rings is 1. The van der Waals surface area contributed by atoms with Crippen LogP contribution in [0.15, 0.2) is 30.3 Å². The van der Waals surface area contributed by atoms with Crippen LogP contribution in [-0.4, -0.2) is 19.6 Å². The van der Waals surface area contributed by atoms with Crippen molar-refractivity contribution in [2.24, 2.45) is 0 Å². The second-order valence-corrected chi connectivity index (χ2v) is 2.69. The summed E-state index contributed by atoms with van der Waals surface area (Å²) in [4.78, 5) is 0. The molecule has 0 saturated carbocycles. The van der Waals surface area contributed by atoms with Crippen molar-refractivity contribution in [1.29, 1.82) is 0 Å². The molecule has 2 nitrogen and oxygen atoms in total. The van der Waals surface area contributed by atoms with Crippen molar-refractivity contribution < 1.29 is 8.85 Å². The number of rotatable bonds is 1. The van der Waals surface area contributed by atoms with Gasteiger partial charge in [0.25, 0.3) is 0 Å². The van der Waals surface area contributed by atoms with Crippen LogP contribution in [0.1, 0.15) is 15.8 Å². The van der Waals surface area contributed by atoms with E-state index in [4.69, 9.17) is 8.85 Å². The molecular weight excluding hydrogens is 150 g/mol. The maximum atomic E-state index is 7.41. The first-order chi connectivity index (χ1) is 7.07. The highest BCUT2D eigenvalue weighted by Gasteiger charge is 2.14. The van der Waals surface area contributed by atoms with Gasteiger partial charge in [0.05, 0.1) is 14.1 Å². The lowest BCUT2D eigenvalue weighted by molar-refractivity contribution is 0.0277. The Labute approximate surface area is 76.8 Å². The van der Waals surface area contributed by atoms with E-state index in [2.05, 4.69) is 5.32 Å². The Morgan fingerprint density at radius 3 is 3.08 bits per heavy atom. The molecule has 0 bridgehead atoms. The third-order valence-electron chi connectivity index (χ3n) is 1.88. The second kappa shape index (κ2) is 3.70. The minimum Gasteiger partial charge on any atom is -0.371 e. The van der Waals surface area contributed by atoms with Crippen LogP contribution < -0.4 is 5.32 Å².